The van der Waals surface area contributed by atoms with Crippen LogP contribution in [0.2, 0.25) is 0 Å². The number of hydrogen-bond donors (Lipinski definition) is 1. The lowest BCUT2D eigenvalue weighted by atomic mass is 10.1. The Kier molecular flexibility index (Phi) is 9.53. The number of nitrogens with zero attached hydrogens (tertiary/aromatic N) is 4. The van der Waals surface area contributed by atoms with Crippen molar-refractivity contribution in [2.75, 3.05) is 20.4 Å². The minimum atomic E-state index is 0. The van der Waals surface area contributed by atoms with E-state index in [-0.39, 0.29) is 24.0 Å². The van der Waals surface area contributed by atoms with Gasteiger partial charge in [0.05, 0.1) is 6.33 Å². The van der Waals surface area contributed by atoms with E-state index in [9.17, 15) is 0 Å². The lowest BCUT2D eigenvalue weighted by Crippen LogP contribution is -2.38. The van der Waals surface area contributed by atoms with Crippen molar-refractivity contribution in [3.8, 4) is 0 Å². The molecule has 3 rings (SSSR count). The number of rotatable bonds is 7. The van der Waals surface area contributed by atoms with Crippen LogP contribution in [0, 0.1) is 0 Å². The highest BCUT2D eigenvalue weighted by atomic mass is 127. The summed E-state index contributed by atoms with van der Waals surface area (Å²) < 4.78 is 2.07. The molecule has 0 aliphatic carbocycles. The van der Waals surface area contributed by atoms with Gasteiger partial charge in [-0.3, -0.25) is 4.99 Å². The highest BCUT2D eigenvalue weighted by Crippen LogP contribution is 2.15. The van der Waals surface area contributed by atoms with Gasteiger partial charge < -0.3 is 14.8 Å². The molecule has 7 heteroatoms. The molecule has 0 aliphatic heterocycles. The fourth-order valence-electron chi connectivity index (χ4n) is 3.00. The minimum absolute atomic E-state index is 0. The second-order valence-corrected chi connectivity index (χ2v) is 7.54. The molecular formula is C22H28IN5S. The van der Waals surface area contributed by atoms with Gasteiger partial charge in [0.25, 0.3) is 0 Å². The molecule has 0 amide bonds. The van der Waals surface area contributed by atoms with Gasteiger partial charge in [0, 0.05) is 51.0 Å². The third-order valence-corrected chi connectivity index (χ3v) is 5.29. The zero-order valence-corrected chi connectivity index (χ0v) is 20.2. The van der Waals surface area contributed by atoms with Gasteiger partial charge in [-0.05, 0) is 35.1 Å². The van der Waals surface area contributed by atoms with Crippen molar-refractivity contribution in [2.45, 2.75) is 24.5 Å². The zero-order chi connectivity index (χ0) is 19.8. The predicted octanol–water partition coefficient (Wildman–Crippen LogP) is 4.48. The monoisotopic (exact) mass is 521 g/mol. The van der Waals surface area contributed by atoms with Crippen LogP contribution in [-0.2, 0) is 19.6 Å². The van der Waals surface area contributed by atoms with E-state index in [1.807, 2.05) is 19.6 Å². The van der Waals surface area contributed by atoms with Gasteiger partial charge in [-0.1, -0.05) is 36.4 Å². The van der Waals surface area contributed by atoms with Crippen LogP contribution in [0.25, 0.3) is 0 Å². The molecule has 0 fully saturated rings. The molecule has 0 atom stereocenters. The molecule has 1 aromatic heterocycles. The van der Waals surface area contributed by atoms with Crippen LogP contribution in [0.5, 0.6) is 0 Å². The number of nitrogens with one attached hydrogen (secondary N) is 1. The molecule has 0 saturated carbocycles. The van der Waals surface area contributed by atoms with Crippen molar-refractivity contribution < 1.29 is 0 Å². The topological polar surface area (TPSA) is 45.5 Å². The third-order valence-electron chi connectivity index (χ3n) is 4.55. The molecule has 3 aromatic rings. The highest BCUT2D eigenvalue weighted by Gasteiger charge is 2.07. The molecule has 29 heavy (non-hydrogen) atoms. The Hall–Kier alpha value is -2.00. The standard InChI is InChI=1S/C22H27N5S.HI/c1-23-22(26(2)15-19-8-10-21(28-3)11-9-19)25-14-18-4-6-20(7-5-18)16-27-13-12-24-17-27;/h4-13,17H,14-16H2,1-3H3,(H,23,25);1H. The van der Waals surface area contributed by atoms with Crippen LogP contribution < -0.4 is 5.32 Å². The molecule has 0 unspecified atom stereocenters. The van der Waals surface area contributed by atoms with E-state index in [4.69, 9.17) is 0 Å². The molecule has 5 nitrogen and oxygen atoms in total. The van der Waals surface area contributed by atoms with E-state index < -0.39 is 0 Å². The first kappa shape index (κ1) is 23.3. The summed E-state index contributed by atoms with van der Waals surface area (Å²) in [5, 5.41) is 3.45. The second kappa shape index (κ2) is 11.9. The van der Waals surface area contributed by atoms with Crippen molar-refractivity contribution in [1.82, 2.24) is 19.8 Å². The molecule has 0 spiro atoms. The Labute approximate surface area is 194 Å². The summed E-state index contributed by atoms with van der Waals surface area (Å²) in [7, 11) is 3.88. The van der Waals surface area contributed by atoms with Crippen LogP contribution in [0.4, 0.5) is 0 Å². The predicted molar refractivity (Wildman–Crippen MR) is 133 cm³/mol. The Morgan fingerprint density at radius 1 is 1.07 bits per heavy atom. The lowest BCUT2D eigenvalue weighted by Gasteiger charge is -2.22. The maximum atomic E-state index is 4.42. The first-order valence-corrected chi connectivity index (χ1v) is 10.5. The van der Waals surface area contributed by atoms with Gasteiger partial charge in [-0.25, -0.2) is 4.98 Å². The fourth-order valence-corrected chi connectivity index (χ4v) is 3.41. The van der Waals surface area contributed by atoms with Gasteiger partial charge in [0.1, 0.15) is 0 Å². The van der Waals surface area contributed by atoms with Gasteiger partial charge in [-0.15, -0.1) is 35.7 Å². The zero-order valence-electron chi connectivity index (χ0n) is 17.1. The van der Waals surface area contributed by atoms with E-state index in [1.54, 1.807) is 18.0 Å². The van der Waals surface area contributed by atoms with E-state index >= 15 is 0 Å². The molecular weight excluding hydrogens is 493 g/mol. The average Bonchev–Trinajstić information content (AvgIpc) is 3.23. The first-order chi connectivity index (χ1) is 13.7. The number of hydrogen-bond acceptors (Lipinski definition) is 3. The maximum absolute atomic E-state index is 4.42. The molecule has 1 heterocycles. The summed E-state index contributed by atoms with van der Waals surface area (Å²) in [6.45, 7) is 2.40. The van der Waals surface area contributed by atoms with Crippen molar-refractivity contribution in [2.24, 2.45) is 4.99 Å². The number of imidazole rings is 1. The van der Waals surface area contributed by atoms with Crippen LogP contribution in [0.3, 0.4) is 0 Å². The Morgan fingerprint density at radius 3 is 2.31 bits per heavy atom. The summed E-state index contributed by atoms with van der Waals surface area (Å²) in [4.78, 5) is 11.9. The Morgan fingerprint density at radius 2 is 1.72 bits per heavy atom. The highest BCUT2D eigenvalue weighted by molar-refractivity contribution is 14.0. The second-order valence-electron chi connectivity index (χ2n) is 6.66. The van der Waals surface area contributed by atoms with Crippen LogP contribution >= 0.6 is 35.7 Å². The maximum Gasteiger partial charge on any atom is 0.193 e. The van der Waals surface area contributed by atoms with Crippen molar-refractivity contribution >= 4 is 41.7 Å². The summed E-state index contributed by atoms with van der Waals surface area (Å²) >= 11 is 1.76. The fraction of sp³-hybridized carbons (Fsp3) is 0.273. The molecule has 0 aliphatic rings. The van der Waals surface area contributed by atoms with Crippen LogP contribution in [0.1, 0.15) is 16.7 Å². The Balaban J connectivity index is 0.00000300. The molecule has 1 N–H and O–H groups in total. The largest absolute Gasteiger partial charge is 0.352 e. The van der Waals surface area contributed by atoms with Gasteiger partial charge in [-0.2, -0.15) is 0 Å². The van der Waals surface area contributed by atoms with Gasteiger partial charge >= 0.3 is 0 Å². The van der Waals surface area contributed by atoms with E-state index in [2.05, 4.69) is 86.6 Å². The Bertz CT molecular complexity index is 877. The van der Waals surface area contributed by atoms with E-state index in [0.29, 0.717) is 0 Å². The van der Waals surface area contributed by atoms with Crippen LogP contribution in [0.15, 0.2) is 77.1 Å². The number of aliphatic imine (C=N–C) groups is 1. The number of aromatic nitrogens is 2. The average molecular weight is 521 g/mol. The van der Waals surface area contributed by atoms with Gasteiger partial charge in [0.2, 0.25) is 0 Å². The lowest BCUT2D eigenvalue weighted by molar-refractivity contribution is 0.476. The van der Waals surface area contributed by atoms with Crippen molar-refractivity contribution in [3.63, 3.8) is 0 Å². The van der Waals surface area contributed by atoms with E-state index in [0.717, 1.165) is 25.6 Å². The van der Waals surface area contributed by atoms with Crippen molar-refractivity contribution in [3.05, 3.63) is 83.9 Å². The first-order valence-electron chi connectivity index (χ1n) is 9.26. The summed E-state index contributed by atoms with van der Waals surface area (Å²) in [6.07, 6.45) is 7.71. The molecule has 0 bridgehead atoms. The SMILES string of the molecule is CN=C(NCc1ccc(Cn2ccnc2)cc1)N(C)Cc1ccc(SC)cc1.I. The summed E-state index contributed by atoms with van der Waals surface area (Å²) in [5.74, 6) is 0.886. The third kappa shape index (κ3) is 7.08. The summed E-state index contributed by atoms with van der Waals surface area (Å²) in [5.41, 5.74) is 3.76. The number of halogens is 1. The number of thioether (sulfide) groups is 1. The molecule has 2 aromatic carbocycles. The van der Waals surface area contributed by atoms with Gasteiger partial charge in [0.15, 0.2) is 5.96 Å². The quantitative estimate of drug-likeness (QED) is 0.216. The van der Waals surface area contributed by atoms with Crippen molar-refractivity contribution in [1.29, 1.82) is 0 Å². The van der Waals surface area contributed by atoms with E-state index in [1.165, 1.54) is 21.6 Å². The smallest absolute Gasteiger partial charge is 0.193 e. The number of benzene rings is 2. The molecule has 0 radical (unpaired) electrons. The molecule has 0 saturated heterocycles. The van der Waals surface area contributed by atoms with Crippen LogP contribution in [-0.4, -0.2) is 40.8 Å². The minimum Gasteiger partial charge on any atom is -0.352 e. The normalized spacial score (nSPS) is 11.1. The number of guanidine groups is 1. The summed E-state index contributed by atoms with van der Waals surface area (Å²) in [6, 6.07) is 17.3. The molecule has 154 valence electrons.